The van der Waals surface area contributed by atoms with Crippen LogP contribution in [-0.4, -0.2) is 40.3 Å². The molecule has 1 rings (SSSR count). The van der Waals surface area contributed by atoms with Gasteiger partial charge in [-0.3, -0.25) is 14.7 Å². The smallest absolute Gasteiger partial charge is 0.407 e. The van der Waals surface area contributed by atoms with Crippen molar-refractivity contribution in [3.8, 4) is 0 Å². The first-order chi connectivity index (χ1) is 11.0. The fourth-order valence-electron chi connectivity index (χ4n) is 1.87. The quantitative estimate of drug-likeness (QED) is 0.621. The van der Waals surface area contributed by atoms with Crippen LogP contribution >= 0.6 is 0 Å². The van der Waals surface area contributed by atoms with Gasteiger partial charge in [0.05, 0.1) is 11.4 Å². The van der Waals surface area contributed by atoms with Gasteiger partial charge in [0, 0.05) is 13.0 Å². The van der Waals surface area contributed by atoms with Crippen LogP contribution in [0.5, 0.6) is 0 Å². The first kappa shape index (κ1) is 19.5. The molecular weight excluding hydrogens is 314 g/mol. The molecule has 0 aliphatic heterocycles. The average Bonchev–Trinajstić information content (AvgIpc) is 2.80. The van der Waals surface area contributed by atoms with E-state index in [4.69, 9.17) is 10.5 Å². The van der Waals surface area contributed by atoms with Crippen molar-refractivity contribution in [3.63, 3.8) is 0 Å². The lowest BCUT2D eigenvalue weighted by molar-refractivity contribution is -0.116. The van der Waals surface area contributed by atoms with Crippen molar-refractivity contribution in [3.05, 3.63) is 11.4 Å². The van der Waals surface area contributed by atoms with E-state index in [1.165, 1.54) is 0 Å². The van der Waals surface area contributed by atoms with Crippen LogP contribution in [0.3, 0.4) is 0 Å². The minimum absolute atomic E-state index is 0.0140. The number of nitrogens with one attached hydrogen (secondary N) is 3. The van der Waals surface area contributed by atoms with Gasteiger partial charge in [0.15, 0.2) is 5.69 Å². The molecule has 0 aliphatic rings. The maximum Gasteiger partial charge on any atom is 0.407 e. The molecule has 0 aromatic carbocycles. The van der Waals surface area contributed by atoms with Gasteiger partial charge in [0.1, 0.15) is 5.60 Å². The lowest BCUT2D eigenvalue weighted by atomic mass is 10.1. The molecule has 1 heterocycles. The van der Waals surface area contributed by atoms with E-state index < -0.39 is 17.6 Å². The molecule has 5 N–H and O–H groups in total. The lowest BCUT2D eigenvalue weighted by Crippen LogP contribution is -2.34. The Morgan fingerprint density at radius 2 is 1.92 bits per heavy atom. The number of amides is 3. The van der Waals surface area contributed by atoms with Crippen molar-refractivity contribution in [1.29, 1.82) is 0 Å². The van der Waals surface area contributed by atoms with Crippen LogP contribution < -0.4 is 16.4 Å². The van der Waals surface area contributed by atoms with E-state index in [0.717, 1.165) is 0 Å². The lowest BCUT2D eigenvalue weighted by Gasteiger charge is -2.19. The van der Waals surface area contributed by atoms with Gasteiger partial charge in [-0.1, -0.05) is 13.8 Å². The molecule has 0 saturated carbocycles. The molecule has 1 aromatic rings. The van der Waals surface area contributed by atoms with Crippen LogP contribution in [0.25, 0.3) is 0 Å². The summed E-state index contributed by atoms with van der Waals surface area (Å²) >= 11 is 0. The van der Waals surface area contributed by atoms with Gasteiger partial charge in [-0.05, 0) is 26.7 Å². The number of alkyl carbamates (subject to hydrolysis) is 1. The fourth-order valence-corrected chi connectivity index (χ4v) is 1.87. The third-order valence-corrected chi connectivity index (χ3v) is 2.89. The first-order valence-corrected chi connectivity index (χ1v) is 7.66. The molecule has 0 spiro atoms. The van der Waals surface area contributed by atoms with E-state index in [1.807, 2.05) is 13.8 Å². The third kappa shape index (κ3) is 5.90. The Labute approximate surface area is 140 Å². The van der Waals surface area contributed by atoms with E-state index in [-0.39, 0.29) is 36.2 Å². The van der Waals surface area contributed by atoms with E-state index in [9.17, 15) is 14.4 Å². The topological polar surface area (TPSA) is 139 Å². The van der Waals surface area contributed by atoms with Gasteiger partial charge in [-0.25, -0.2) is 4.79 Å². The van der Waals surface area contributed by atoms with E-state index >= 15 is 0 Å². The molecule has 24 heavy (non-hydrogen) atoms. The van der Waals surface area contributed by atoms with Crippen LogP contribution in [0.4, 0.5) is 10.5 Å². The number of ether oxygens (including phenoxy) is 1. The van der Waals surface area contributed by atoms with Crippen LogP contribution in [0.1, 0.15) is 63.1 Å². The standard InChI is InChI=1S/C15H25N5O4/c1-8(2)10-11(12(13(16)22)20-19-10)18-9(21)6-7-17-14(23)24-15(3,4)5/h8H,6-7H2,1-5H3,(H2,16,22)(H,17,23)(H,18,21)(H,19,20). The number of hydrogen-bond donors (Lipinski definition) is 4. The number of rotatable bonds is 6. The summed E-state index contributed by atoms with van der Waals surface area (Å²) in [7, 11) is 0. The molecule has 0 aliphatic carbocycles. The predicted molar refractivity (Wildman–Crippen MR) is 88.7 cm³/mol. The summed E-state index contributed by atoms with van der Waals surface area (Å²) in [4.78, 5) is 34.9. The maximum atomic E-state index is 12.0. The molecule has 0 unspecified atom stereocenters. The largest absolute Gasteiger partial charge is 0.444 e. The second kappa shape index (κ2) is 7.80. The number of carbonyl (C=O) groups excluding carboxylic acids is 3. The summed E-state index contributed by atoms with van der Waals surface area (Å²) in [5, 5.41) is 11.6. The SMILES string of the molecule is CC(C)c1[nH]nc(C(N)=O)c1NC(=O)CCNC(=O)OC(C)(C)C. The molecule has 1 aromatic heterocycles. The van der Waals surface area contributed by atoms with E-state index in [1.54, 1.807) is 20.8 Å². The van der Waals surface area contributed by atoms with Crippen LogP contribution in [-0.2, 0) is 9.53 Å². The molecule has 0 radical (unpaired) electrons. The highest BCUT2D eigenvalue weighted by atomic mass is 16.6. The number of aromatic amines is 1. The van der Waals surface area contributed by atoms with Gasteiger partial charge in [0.2, 0.25) is 5.91 Å². The summed E-state index contributed by atoms with van der Waals surface area (Å²) in [5.74, 6) is -1.10. The molecule has 0 fully saturated rings. The monoisotopic (exact) mass is 339 g/mol. The second-order valence-corrected chi connectivity index (χ2v) is 6.61. The zero-order chi connectivity index (χ0) is 18.5. The minimum Gasteiger partial charge on any atom is -0.444 e. The van der Waals surface area contributed by atoms with Crippen molar-refractivity contribution in [2.24, 2.45) is 5.73 Å². The highest BCUT2D eigenvalue weighted by Crippen LogP contribution is 2.25. The van der Waals surface area contributed by atoms with E-state index in [0.29, 0.717) is 5.69 Å². The maximum absolute atomic E-state index is 12.0. The van der Waals surface area contributed by atoms with Crippen LogP contribution in [0.15, 0.2) is 0 Å². The molecule has 0 bridgehead atoms. The van der Waals surface area contributed by atoms with Crippen LogP contribution in [0, 0.1) is 0 Å². The number of hydrogen-bond acceptors (Lipinski definition) is 5. The average molecular weight is 339 g/mol. The van der Waals surface area contributed by atoms with E-state index in [2.05, 4.69) is 20.8 Å². The Morgan fingerprint density at radius 3 is 2.42 bits per heavy atom. The van der Waals surface area contributed by atoms with Gasteiger partial charge in [-0.2, -0.15) is 5.10 Å². The Balaban J connectivity index is 2.61. The molecular formula is C15H25N5O4. The highest BCUT2D eigenvalue weighted by molar-refractivity contribution is 6.02. The summed E-state index contributed by atoms with van der Waals surface area (Å²) in [6, 6.07) is 0. The number of primary amides is 1. The zero-order valence-electron chi connectivity index (χ0n) is 14.6. The van der Waals surface area contributed by atoms with Crippen molar-refractivity contribution in [2.75, 3.05) is 11.9 Å². The normalized spacial score (nSPS) is 11.2. The summed E-state index contributed by atoms with van der Waals surface area (Å²) in [5.41, 5.74) is 5.52. The van der Waals surface area contributed by atoms with Gasteiger partial charge >= 0.3 is 6.09 Å². The van der Waals surface area contributed by atoms with Crippen molar-refractivity contribution in [1.82, 2.24) is 15.5 Å². The van der Waals surface area contributed by atoms with Gasteiger partial charge < -0.3 is 21.1 Å². The highest BCUT2D eigenvalue weighted by Gasteiger charge is 2.21. The molecule has 9 heteroatoms. The number of nitrogens with zero attached hydrogens (tertiary/aromatic N) is 1. The number of carbonyl (C=O) groups is 3. The Bertz CT molecular complexity index is 616. The molecule has 134 valence electrons. The number of nitrogens with two attached hydrogens (primary N) is 1. The molecule has 0 atom stereocenters. The fraction of sp³-hybridized carbons (Fsp3) is 0.600. The van der Waals surface area contributed by atoms with Gasteiger partial charge in [-0.15, -0.1) is 0 Å². The number of aromatic nitrogens is 2. The Kier molecular flexibility index (Phi) is 6.33. The number of H-pyrrole nitrogens is 1. The second-order valence-electron chi connectivity index (χ2n) is 6.61. The molecule has 9 nitrogen and oxygen atoms in total. The Morgan fingerprint density at radius 1 is 1.29 bits per heavy atom. The van der Waals surface area contributed by atoms with Crippen LogP contribution in [0.2, 0.25) is 0 Å². The minimum atomic E-state index is -0.736. The van der Waals surface area contributed by atoms with Gasteiger partial charge in [0.25, 0.3) is 5.91 Å². The first-order valence-electron chi connectivity index (χ1n) is 7.66. The molecule has 0 saturated heterocycles. The Hall–Kier alpha value is -2.58. The summed E-state index contributed by atoms with van der Waals surface area (Å²) in [6.45, 7) is 9.11. The van der Waals surface area contributed by atoms with Crippen molar-refractivity contribution in [2.45, 2.75) is 52.6 Å². The number of anilines is 1. The summed E-state index contributed by atoms with van der Waals surface area (Å²) < 4.78 is 5.07. The third-order valence-electron chi connectivity index (χ3n) is 2.89. The van der Waals surface area contributed by atoms with Crippen molar-refractivity contribution >= 4 is 23.6 Å². The zero-order valence-corrected chi connectivity index (χ0v) is 14.6. The molecule has 3 amide bonds. The predicted octanol–water partition coefficient (Wildman–Crippen LogP) is 1.49. The van der Waals surface area contributed by atoms with Crippen molar-refractivity contribution < 1.29 is 19.1 Å². The summed E-state index contributed by atoms with van der Waals surface area (Å²) in [6.07, 6.45) is -0.584.